The summed E-state index contributed by atoms with van der Waals surface area (Å²) in [6.45, 7) is 0. The van der Waals surface area contributed by atoms with Crippen LogP contribution in [0.1, 0.15) is 0 Å². The maximum atomic E-state index is 13.3. The molecule has 13 heavy (non-hydrogen) atoms. The Morgan fingerprint density at radius 2 is 1.92 bits per heavy atom. The molecule has 0 bridgehead atoms. The Bertz CT molecular complexity index is 468. The normalized spacial score (nSPS) is 10.6. The standard InChI is InChI=1S/C10H6FIO/c11-10-8-3-2-7(12)5-6(8)1-4-9(10)13/h1-5,13H. The first-order chi connectivity index (χ1) is 6.18. The smallest absolute Gasteiger partial charge is 0.172 e. The third-order valence-electron chi connectivity index (χ3n) is 1.90. The lowest BCUT2D eigenvalue weighted by Crippen LogP contribution is -1.81. The van der Waals surface area contributed by atoms with Gasteiger partial charge in [-0.05, 0) is 46.2 Å². The zero-order valence-corrected chi connectivity index (χ0v) is 8.75. The van der Waals surface area contributed by atoms with E-state index in [1.54, 1.807) is 12.1 Å². The molecule has 0 saturated heterocycles. The van der Waals surface area contributed by atoms with Crippen LogP contribution in [-0.2, 0) is 0 Å². The third kappa shape index (κ3) is 1.48. The second kappa shape index (κ2) is 3.14. The summed E-state index contributed by atoms with van der Waals surface area (Å²) in [5, 5.41) is 10.4. The van der Waals surface area contributed by atoms with E-state index >= 15 is 0 Å². The monoisotopic (exact) mass is 288 g/mol. The summed E-state index contributed by atoms with van der Waals surface area (Å²) < 4.78 is 14.3. The van der Waals surface area contributed by atoms with Crippen LogP contribution in [0.15, 0.2) is 30.3 Å². The van der Waals surface area contributed by atoms with Gasteiger partial charge in [0.15, 0.2) is 11.6 Å². The van der Waals surface area contributed by atoms with Crippen LogP contribution >= 0.6 is 22.6 Å². The van der Waals surface area contributed by atoms with Crippen LogP contribution in [0.4, 0.5) is 4.39 Å². The van der Waals surface area contributed by atoms with Gasteiger partial charge in [0, 0.05) is 8.96 Å². The van der Waals surface area contributed by atoms with Gasteiger partial charge in [0.2, 0.25) is 0 Å². The number of aromatic hydroxyl groups is 1. The van der Waals surface area contributed by atoms with Crippen molar-refractivity contribution in [2.24, 2.45) is 0 Å². The van der Waals surface area contributed by atoms with Crippen LogP contribution in [0.3, 0.4) is 0 Å². The van der Waals surface area contributed by atoms with Crippen molar-refractivity contribution in [3.63, 3.8) is 0 Å². The summed E-state index contributed by atoms with van der Waals surface area (Å²) in [5.74, 6) is -0.845. The minimum absolute atomic E-state index is 0.297. The second-order valence-corrected chi connectivity index (χ2v) is 4.01. The number of hydrogen-bond donors (Lipinski definition) is 1. The number of phenolic OH excluding ortho intramolecular Hbond substituents is 1. The summed E-state index contributed by atoms with van der Waals surface area (Å²) >= 11 is 2.16. The highest BCUT2D eigenvalue weighted by Gasteiger charge is 2.05. The fraction of sp³-hybridized carbons (Fsp3) is 0. The van der Waals surface area contributed by atoms with Crippen molar-refractivity contribution >= 4 is 33.4 Å². The number of benzene rings is 2. The van der Waals surface area contributed by atoms with Gasteiger partial charge in [-0.2, -0.15) is 0 Å². The van der Waals surface area contributed by atoms with Crippen molar-refractivity contribution in [3.8, 4) is 5.75 Å². The summed E-state index contributed by atoms with van der Waals surface area (Å²) in [6.07, 6.45) is 0. The SMILES string of the molecule is Oc1ccc2cc(I)ccc2c1F. The van der Waals surface area contributed by atoms with Crippen LogP contribution in [-0.4, -0.2) is 5.11 Å². The first-order valence-electron chi connectivity index (χ1n) is 3.75. The van der Waals surface area contributed by atoms with E-state index in [1.807, 2.05) is 12.1 Å². The lowest BCUT2D eigenvalue weighted by molar-refractivity contribution is 0.436. The summed E-state index contributed by atoms with van der Waals surface area (Å²) in [6, 6.07) is 8.43. The average molecular weight is 288 g/mol. The van der Waals surface area contributed by atoms with Crippen molar-refractivity contribution in [3.05, 3.63) is 39.7 Å². The number of phenols is 1. The van der Waals surface area contributed by atoms with Crippen LogP contribution in [0, 0.1) is 9.39 Å². The van der Waals surface area contributed by atoms with Gasteiger partial charge in [0.25, 0.3) is 0 Å². The van der Waals surface area contributed by atoms with Gasteiger partial charge in [-0.1, -0.05) is 12.1 Å². The Morgan fingerprint density at radius 1 is 1.15 bits per heavy atom. The highest BCUT2D eigenvalue weighted by molar-refractivity contribution is 14.1. The molecule has 0 aliphatic rings. The number of halogens is 2. The maximum Gasteiger partial charge on any atom is 0.172 e. The molecule has 0 aliphatic carbocycles. The predicted molar refractivity (Wildman–Crippen MR) is 58.3 cm³/mol. The van der Waals surface area contributed by atoms with Crippen molar-refractivity contribution in [1.29, 1.82) is 0 Å². The quantitative estimate of drug-likeness (QED) is 0.737. The third-order valence-corrected chi connectivity index (χ3v) is 2.57. The highest BCUT2D eigenvalue weighted by Crippen LogP contribution is 2.26. The molecule has 0 aliphatic heterocycles. The van der Waals surface area contributed by atoms with E-state index in [1.165, 1.54) is 6.07 Å². The zero-order chi connectivity index (χ0) is 9.42. The molecule has 3 heteroatoms. The fourth-order valence-electron chi connectivity index (χ4n) is 1.25. The molecule has 0 amide bonds. The highest BCUT2D eigenvalue weighted by atomic mass is 127. The van der Waals surface area contributed by atoms with E-state index in [0.29, 0.717) is 5.39 Å². The Labute approximate surface area is 88.3 Å². The second-order valence-electron chi connectivity index (χ2n) is 2.76. The molecule has 1 N–H and O–H groups in total. The van der Waals surface area contributed by atoms with E-state index in [-0.39, 0.29) is 5.75 Å². The Kier molecular flexibility index (Phi) is 2.11. The minimum Gasteiger partial charge on any atom is -0.505 e. The van der Waals surface area contributed by atoms with Gasteiger partial charge in [-0.25, -0.2) is 4.39 Å². The zero-order valence-electron chi connectivity index (χ0n) is 6.59. The molecule has 0 heterocycles. The van der Waals surface area contributed by atoms with Crippen molar-refractivity contribution in [2.45, 2.75) is 0 Å². The summed E-state index contributed by atoms with van der Waals surface area (Å²) in [4.78, 5) is 0. The lowest BCUT2D eigenvalue weighted by Gasteiger charge is -2.01. The van der Waals surface area contributed by atoms with Gasteiger partial charge in [0.05, 0.1) is 0 Å². The Balaban J connectivity index is 2.87. The van der Waals surface area contributed by atoms with E-state index in [0.717, 1.165) is 8.96 Å². The maximum absolute atomic E-state index is 13.3. The summed E-state index contributed by atoms with van der Waals surface area (Å²) in [5.41, 5.74) is 0. The number of hydrogen-bond acceptors (Lipinski definition) is 1. The first-order valence-corrected chi connectivity index (χ1v) is 4.83. The number of fused-ring (bicyclic) bond motifs is 1. The van der Waals surface area contributed by atoms with Crippen molar-refractivity contribution < 1.29 is 9.50 Å². The van der Waals surface area contributed by atoms with Crippen molar-refractivity contribution in [1.82, 2.24) is 0 Å². The van der Waals surface area contributed by atoms with Crippen LogP contribution < -0.4 is 0 Å². The predicted octanol–water partition coefficient (Wildman–Crippen LogP) is 3.29. The van der Waals surface area contributed by atoms with Crippen LogP contribution in [0.2, 0.25) is 0 Å². The molecule has 1 nitrogen and oxygen atoms in total. The Hall–Kier alpha value is -0.840. The molecule has 0 saturated carbocycles. The van der Waals surface area contributed by atoms with E-state index < -0.39 is 5.82 Å². The minimum atomic E-state index is -0.547. The van der Waals surface area contributed by atoms with Crippen LogP contribution in [0.25, 0.3) is 10.8 Å². The van der Waals surface area contributed by atoms with Crippen molar-refractivity contribution in [2.75, 3.05) is 0 Å². The van der Waals surface area contributed by atoms with E-state index in [2.05, 4.69) is 22.6 Å². The molecule has 0 aromatic heterocycles. The van der Waals surface area contributed by atoms with Gasteiger partial charge in [-0.3, -0.25) is 0 Å². The molecule has 2 rings (SSSR count). The topological polar surface area (TPSA) is 20.2 Å². The molecule has 0 spiro atoms. The van der Waals surface area contributed by atoms with E-state index in [4.69, 9.17) is 5.11 Å². The van der Waals surface area contributed by atoms with Crippen LogP contribution in [0.5, 0.6) is 5.75 Å². The molecule has 2 aromatic carbocycles. The largest absolute Gasteiger partial charge is 0.505 e. The lowest BCUT2D eigenvalue weighted by atomic mass is 10.1. The fourth-order valence-corrected chi connectivity index (χ4v) is 1.77. The molecule has 0 radical (unpaired) electrons. The van der Waals surface area contributed by atoms with Gasteiger partial charge in [-0.15, -0.1) is 0 Å². The molecule has 2 aromatic rings. The molecular formula is C10H6FIO. The average Bonchev–Trinajstić information content (AvgIpc) is 2.12. The van der Waals surface area contributed by atoms with E-state index in [9.17, 15) is 4.39 Å². The summed E-state index contributed by atoms with van der Waals surface area (Å²) in [7, 11) is 0. The number of rotatable bonds is 0. The first kappa shape index (κ1) is 8.74. The van der Waals surface area contributed by atoms with Gasteiger partial charge >= 0.3 is 0 Å². The molecule has 0 atom stereocenters. The molecule has 0 fully saturated rings. The van der Waals surface area contributed by atoms with Gasteiger partial charge in [0.1, 0.15) is 0 Å². The molecule has 66 valence electrons. The Morgan fingerprint density at radius 3 is 2.69 bits per heavy atom. The molecular weight excluding hydrogens is 282 g/mol. The van der Waals surface area contributed by atoms with Gasteiger partial charge < -0.3 is 5.11 Å². The molecule has 0 unspecified atom stereocenters.